The Morgan fingerprint density at radius 3 is 1.84 bits per heavy atom. The van der Waals surface area contributed by atoms with Gasteiger partial charge in [-0.1, -0.05) is 6.07 Å². The van der Waals surface area contributed by atoms with Gasteiger partial charge in [0.25, 0.3) is 0 Å². The zero-order valence-corrected chi connectivity index (χ0v) is 21.5. The number of nitrogens with two attached hydrogens (primary N) is 1. The molecule has 1 aromatic heterocycles. The zero-order valence-electron chi connectivity index (χ0n) is 14.6. The molecule has 1 heterocycles. The van der Waals surface area contributed by atoms with Gasteiger partial charge >= 0.3 is 88.7 Å². The van der Waals surface area contributed by atoms with Crippen LogP contribution >= 0.6 is 11.3 Å². The first-order valence-electron chi connectivity index (χ1n) is 6.27. The minimum atomic E-state index is -2.97. The molecule has 1 aromatic rings. The molecular formula is C13H16NNa3O7S. The molecule has 0 fully saturated rings. The second-order valence-corrected chi connectivity index (χ2v) is 5.42. The molecule has 3 N–H and O–H groups in total. The second kappa shape index (κ2) is 18.4. The molecule has 0 saturated heterocycles. The van der Waals surface area contributed by atoms with Gasteiger partial charge in [-0.2, -0.15) is 0 Å². The van der Waals surface area contributed by atoms with E-state index in [4.69, 9.17) is 10.8 Å². The SMILES string of the molecule is NCCCc1cccs1.O=C([O-])CC(O)(CC(=O)[O-])C(=O)[O-].[Na+].[Na+].[Na+]. The molecule has 0 atom stereocenters. The van der Waals surface area contributed by atoms with Crippen molar-refractivity contribution in [3.05, 3.63) is 22.4 Å². The van der Waals surface area contributed by atoms with E-state index in [0.29, 0.717) is 0 Å². The zero-order chi connectivity index (χ0) is 17.2. The largest absolute Gasteiger partial charge is 1.00 e. The molecule has 0 aliphatic rings. The smallest absolute Gasteiger partial charge is 0.550 e. The fourth-order valence-corrected chi connectivity index (χ4v) is 2.17. The number of carboxylic acid groups (broad SMARTS) is 3. The minimum Gasteiger partial charge on any atom is -0.550 e. The average Bonchev–Trinajstić information content (AvgIpc) is 2.88. The van der Waals surface area contributed by atoms with Crippen molar-refractivity contribution in [2.24, 2.45) is 5.73 Å². The topological polar surface area (TPSA) is 167 Å². The van der Waals surface area contributed by atoms with Crippen LogP contribution in [0.5, 0.6) is 0 Å². The molecule has 0 aliphatic heterocycles. The molecule has 1 rings (SSSR count). The number of carboxylic acids is 3. The first kappa shape index (κ1) is 33.6. The first-order chi connectivity index (χ1) is 10.2. The Bertz CT molecular complexity index is 484. The molecule has 0 unspecified atom stereocenters. The van der Waals surface area contributed by atoms with Crippen LogP contribution in [0.1, 0.15) is 24.1 Å². The number of hydrogen-bond acceptors (Lipinski definition) is 9. The van der Waals surface area contributed by atoms with Crippen molar-refractivity contribution in [2.45, 2.75) is 31.3 Å². The summed E-state index contributed by atoms with van der Waals surface area (Å²) in [5.41, 5.74) is 2.38. The molecule has 0 amide bonds. The Balaban J connectivity index is -0.000000164. The maximum atomic E-state index is 10.1. The quantitative estimate of drug-likeness (QED) is 0.406. The Labute approximate surface area is 216 Å². The van der Waals surface area contributed by atoms with E-state index < -0.39 is 36.4 Å². The Morgan fingerprint density at radius 1 is 1.08 bits per heavy atom. The number of aliphatic hydroxyl groups is 1. The third kappa shape index (κ3) is 16.9. The summed E-state index contributed by atoms with van der Waals surface area (Å²) in [7, 11) is 0. The van der Waals surface area contributed by atoms with E-state index in [1.165, 1.54) is 4.88 Å². The molecule has 12 heteroatoms. The van der Waals surface area contributed by atoms with Crippen LogP contribution in [0.4, 0.5) is 0 Å². The molecule has 0 aliphatic carbocycles. The van der Waals surface area contributed by atoms with Gasteiger partial charge in [0.05, 0.1) is 5.97 Å². The number of aryl methyl sites for hydroxylation is 1. The van der Waals surface area contributed by atoms with Crippen molar-refractivity contribution < 1.29 is 123 Å². The number of rotatable bonds is 8. The van der Waals surface area contributed by atoms with E-state index in [-0.39, 0.29) is 88.7 Å². The van der Waals surface area contributed by atoms with Crippen molar-refractivity contribution in [1.82, 2.24) is 0 Å². The second-order valence-electron chi connectivity index (χ2n) is 4.39. The summed E-state index contributed by atoms with van der Waals surface area (Å²) in [4.78, 5) is 31.4. The van der Waals surface area contributed by atoms with Crippen LogP contribution in [-0.4, -0.2) is 35.2 Å². The summed E-state index contributed by atoms with van der Waals surface area (Å²) in [5.74, 6) is -5.98. The summed E-state index contributed by atoms with van der Waals surface area (Å²) >= 11 is 1.81. The van der Waals surface area contributed by atoms with E-state index in [2.05, 4.69) is 17.5 Å². The molecule has 8 nitrogen and oxygen atoms in total. The van der Waals surface area contributed by atoms with Crippen LogP contribution < -0.4 is 110 Å². The normalized spacial score (nSPS) is 9.20. The summed E-state index contributed by atoms with van der Waals surface area (Å²) < 4.78 is 0. The molecule has 0 bridgehead atoms. The predicted octanol–water partition coefficient (Wildman–Crippen LogP) is -12.6. The van der Waals surface area contributed by atoms with E-state index in [0.717, 1.165) is 19.4 Å². The first-order valence-corrected chi connectivity index (χ1v) is 7.15. The molecule has 124 valence electrons. The molecule has 0 spiro atoms. The van der Waals surface area contributed by atoms with Crippen LogP contribution in [0.2, 0.25) is 0 Å². The van der Waals surface area contributed by atoms with Crippen LogP contribution in [-0.2, 0) is 20.8 Å². The van der Waals surface area contributed by atoms with Crippen molar-refractivity contribution in [2.75, 3.05) is 6.54 Å². The third-order valence-corrected chi connectivity index (χ3v) is 3.40. The van der Waals surface area contributed by atoms with E-state index in [1.54, 1.807) is 0 Å². The molecule has 0 aromatic carbocycles. The number of carbonyl (C=O) groups excluding carboxylic acids is 3. The van der Waals surface area contributed by atoms with Gasteiger partial charge in [-0.15, -0.1) is 11.3 Å². The molecule has 25 heavy (non-hydrogen) atoms. The monoisotopic (exact) mass is 399 g/mol. The van der Waals surface area contributed by atoms with Gasteiger partial charge in [0.2, 0.25) is 0 Å². The van der Waals surface area contributed by atoms with E-state index >= 15 is 0 Å². The van der Waals surface area contributed by atoms with Crippen molar-refractivity contribution in [1.29, 1.82) is 0 Å². The van der Waals surface area contributed by atoms with Gasteiger partial charge in [0.1, 0.15) is 5.60 Å². The fourth-order valence-electron chi connectivity index (χ4n) is 1.42. The van der Waals surface area contributed by atoms with Crippen molar-refractivity contribution >= 4 is 29.2 Å². The van der Waals surface area contributed by atoms with Crippen LogP contribution in [0.25, 0.3) is 0 Å². The number of aliphatic carboxylic acids is 3. The summed E-state index contributed by atoms with van der Waals surface area (Å²) in [6, 6.07) is 4.23. The Hall–Kier alpha value is 1.03. The average molecular weight is 399 g/mol. The number of carbonyl (C=O) groups is 3. The van der Waals surface area contributed by atoms with E-state index in [9.17, 15) is 29.7 Å². The van der Waals surface area contributed by atoms with E-state index in [1.807, 2.05) is 11.3 Å². The van der Waals surface area contributed by atoms with Gasteiger partial charge in [-0.05, 0) is 30.8 Å². The van der Waals surface area contributed by atoms with Crippen LogP contribution in [0, 0.1) is 0 Å². The molecule has 0 saturated carbocycles. The minimum absolute atomic E-state index is 0. The van der Waals surface area contributed by atoms with Crippen molar-refractivity contribution in [3.63, 3.8) is 0 Å². The van der Waals surface area contributed by atoms with Gasteiger partial charge in [-0.3, -0.25) is 0 Å². The van der Waals surface area contributed by atoms with Crippen LogP contribution in [0.3, 0.4) is 0 Å². The summed E-state index contributed by atoms with van der Waals surface area (Å²) in [6.45, 7) is 0.803. The molecular weight excluding hydrogens is 383 g/mol. The van der Waals surface area contributed by atoms with Gasteiger partial charge < -0.3 is 40.5 Å². The number of thiophene rings is 1. The van der Waals surface area contributed by atoms with Crippen molar-refractivity contribution in [3.8, 4) is 0 Å². The standard InChI is InChI=1S/C7H11NS.C6H8O7.3Na/c8-5-1-3-7-4-2-6-9-7;7-3(8)1-6(13,5(11)12)2-4(9)10;;;/h2,4,6H,1,3,5,8H2;13H,1-2H2,(H,7,8)(H,9,10)(H,11,12);;;/q;;3*+1/p-3. The third-order valence-electron chi connectivity index (χ3n) is 2.46. The maximum Gasteiger partial charge on any atom is 1.00 e. The number of hydrogen-bond donors (Lipinski definition) is 2. The Morgan fingerprint density at radius 2 is 1.56 bits per heavy atom. The van der Waals surface area contributed by atoms with Gasteiger partial charge in [0.15, 0.2) is 0 Å². The summed E-state index contributed by atoms with van der Waals surface area (Å²) in [6.07, 6.45) is -0.457. The molecule has 0 radical (unpaired) electrons. The van der Waals surface area contributed by atoms with Crippen LogP contribution in [0.15, 0.2) is 17.5 Å². The fraction of sp³-hybridized carbons (Fsp3) is 0.462. The Kier molecular flexibility index (Phi) is 24.7. The summed E-state index contributed by atoms with van der Waals surface area (Å²) in [5, 5.41) is 41.0. The van der Waals surface area contributed by atoms with Gasteiger partial charge in [-0.25, -0.2) is 0 Å². The van der Waals surface area contributed by atoms with Gasteiger partial charge in [0, 0.05) is 29.7 Å². The predicted molar refractivity (Wildman–Crippen MR) is 70.9 cm³/mol. The maximum absolute atomic E-state index is 10.1.